The number of hydrogen-bond donors (Lipinski definition) is 1. The first-order valence-corrected chi connectivity index (χ1v) is 11.7. The minimum atomic E-state index is -3.88. The van der Waals surface area contributed by atoms with Gasteiger partial charge in [-0.15, -0.1) is 0 Å². The second kappa shape index (κ2) is 9.76. The highest BCUT2D eigenvalue weighted by atomic mass is 32.2. The van der Waals surface area contributed by atoms with Crippen molar-refractivity contribution in [1.29, 1.82) is 0 Å². The summed E-state index contributed by atoms with van der Waals surface area (Å²) in [6.45, 7) is 8.87. The van der Waals surface area contributed by atoms with Gasteiger partial charge < -0.3 is 15.1 Å². The summed E-state index contributed by atoms with van der Waals surface area (Å²) in [4.78, 5) is 17.1. The van der Waals surface area contributed by atoms with E-state index < -0.39 is 21.7 Å². The van der Waals surface area contributed by atoms with Gasteiger partial charge in [-0.1, -0.05) is 6.92 Å². The van der Waals surface area contributed by atoms with Gasteiger partial charge in [-0.25, -0.2) is 12.8 Å². The summed E-state index contributed by atoms with van der Waals surface area (Å²) < 4.78 is 39.1. The van der Waals surface area contributed by atoms with Gasteiger partial charge in [0.25, 0.3) is 0 Å². The normalized spacial score (nSPS) is 15.3. The van der Waals surface area contributed by atoms with E-state index in [0.717, 1.165) is 60.4 Å². The van der Waals surface area contributed by atoms with E-state index >= 15 is 0 Å². The molecule has 0 aromatic heterocycles. The van der Waals surface area contributed by atoms with Gasteiger partial charge >= 0.3 is 0 Å². The second-order valence-corrected chi connectivity index (χ2v) is 9.73. The number of carbonyl (C=O) groups excluding carboxylic acids is 1. The van der Waals surface area contributed by atoms with Crippen molar-refractivity contribution >= 4 is 27.3 Å². The molecule has 0 saturated carbocycles. The molecular weight excluding hydrogens is 419 g/mol. The van der Waals surface area contributed by atoms with Gasteiger partial charge in [-0.3, -0.25) is 4.79 Å². The molecule has 2 aromatic carbocycles. The van der Waals surface area contributed by atoms with Crippen molar-refractivity contribution in [3.05, 3.63) is 53.8 Å². The van der Waals surface area contributed by atoms with Crippen molar-refractivity contribution in [2.75, 3.05) is 56.5 Å². The lowest BCUT2D eigenvalue weighted by Gasteiger charge is -2.36. The third kappa shape index (κ3) is 5.61. The molecule has 1 fully saturated rings. The Morgan fingerprint density at radius 1 is 1.10 bits per heavy atom. The Morgan fingerprint density at radius 2 is 1.74 bits per heavy atom. The Morgan fingerprint density at radius 3 is 2.32 bits per heavy atom. The highest BCUT2D eigenvalue weighted by molar-refractivity contribution is 7.89. The van der Waals surface area contributed by atoms with Gasteiger partial charge in [0, 0.05) is 44.6 Å². The number of hydrogen-bond acceptors (Lipinski definition) is 5. The average Bonchev–Trinajstić information content (AvgIpc) is 2.74. The summed E-state index contributed by atoms with van der Waals surface area (Å²) in [5.74, 6) is -0.970. The molecule has 9 heteroatoms. The van der Waals surface area contributed by atoms with Gasteiger partial charge in [0.1, 0.15) is 5.82 Å². The number of nitrogens with one attached hydrogen (secondary N) is 1. The van der Waals surface area contributed by atoms with Crippen molar-refractivity contribution < 1.29 is 17.6 Å². The molecule has 0 atom stereocenters. The van der Waals surface area contributed by atoms with E-state index in [1.165, 1.54) is 19.2 Å². The molecule has 7 nitrogen and oxygen atoms in total. The number of aryl methyl sites for hydroxylation is 1. The quantitative estimate of drug-likeness (QED) is 0.705. The number of anilines is 2. The van der Waals surface area contributed by atoms with Crippen LogP contribution in [0, 0.1) is 12.7 Å². The topological polar surface area (TPSA) is 73.0 Å². The van der Waals surface area contributed by atoms with Crippen LogP contribution in [0.3, 0.4) is 0 Å². The van der Waals surface area contributed by atoms with Crippen molar-refractivity contribution in [3.63, 3.8) is 0 Å². The molecule has 1 N–H and O–H groups in total. The molecule has 1 saturated heterocycles. The van der Waals surface area contributed by atoms with Gasteiger partial charge in [-0.05, 0) is 61.5 Å². The van der Waals surface area contributed by atoms with E-state index in [0.29, 0.717) is 5.69 Å². The molecule has 2 aromatic rings. The van der Waals surface area contributed by atoms with E-state index in [4.69, 9.17) is 0 Å². The first-order chi connectivity index (χ1) is 14.7. The van der Waals surface area contributed by atoms with Crippen LogP contribution in [0.1, 0.15) is 12.5 Å². The molecule has 1 aliphatic rings. The predicted octanol–water partition coefficient (Wildman–Crippen LogP) is 2.54. The summed E-state index contributed by atoms with van der Waals surface area (Å²) in [6.07, 6.45) is 0. The van der Waals surface area contributed by atoms with Crippen LogP contribution in [0.2, 0.25) is 0 Å². The summed E-state index contributed by atoms with van der Waals surface area (Å²) in [5, 5.41) is 2.76. The molecule has 0 radical (unpaired) electrons. The smallest absolute Gasteiger partial charge is 0.243 e. The molecule has 31 heavy (non-hydrogen) atoms. The summed E-state index contributed by atoms with van der Waals surface area (Å²) >= 11 is 0. The number of carbonyl (C=O) groups is 1. The van der Waals surface area contributed by atoms with Crippen LogP contribution in [0.15, 0.2) is 47.4 Å². The highest BCUT2D eigenvalue weighted by Crippen LogP contribution is 2.25. The van der Waals surface area contributed by atoms with E-state index in [9.17, 15) is 17.6 Å². The SMILES string of the molecule is CCN1CCN(c2ccc(NC(=O)CN(C)S(=O)(=O)c3ccc(F)cc3)cc2C)CC1. The molecule has 0 bridgehead atoms. The summed E-state index contributed by atoms with van der Waals surface area (Å²) in [5.41, 5.74) is 2.81. The molecule has 1 aliphatic heterocycles. The minimum absolute atomic E-state index is 0.0624. The maximum absolute atomic E-state index is 13.1. The number of benzene rings is 2. The van der Waals surface area contributed by atoms with Crippen molar-refractivity contribution in [1.82, 2.24) is 9.21 Å². The minimum Gasteiger partial charge on any atom is -0.369 e. The monoisotopic (exact) mass is 448 g/mol. The van der Waals surface area contributed by atoms with E-state index in [1.54, 1.807) is 0 Å². The molecule has 0 spiro atoms. The van der Waals surface area contributed by atoms with Crippen molar-refractivity contribution in [2.24, 2.45) is 0 Å². The van der Waals surface area contributed by atoms with Crippen LogP contribution in [-0.4, -0.2) is 69.8 Å². The lowest BCUT2D eigenvalue weighted by atomic mass is 10.1. The Bertz CT molecular complexity index is 1020. The van der Waals surface area contributed by atoms with Gasteiger partial charge in [0.15, 0.2) is 0 Å². The van der Waals surface area contributed by atoms with Gasteiger partial charge in [0.05, 0.1) is 11.4 Å². The number of likely N-dealkylation sites (N-methyl/N-ethyl adjacent to an activating group) is 2. The fourth-order valence-electron chi connectivity index (χ4n) is 3.67. The zero-order valence-corrected chi connectivity index (χ0v) is 19.0. The Balaban J connectivity index is 1.61. The molecule has 1 amide bonds. The zero-order valence-electron chi connectivity index (χ0n) is 18.1. The summed E-state index contributed by atoms with van der Waals surface area (Å²) in [7, 11) is -2.56. The maximum Gasteiger partial charge on any atom is 0.243 e. The van der Waals surface area contributed by atoms with Gasteiger partial charge in [0.2, 0.25) is 15.9 Å². The van der Waals surface area contributed by atoms with Crippen molar-refractivity contribution in [3.8, 4) is 0 Å². The number of nitrogens with zero attached hydrogens (tertiary/aromatic N) is 3. The van der Waals surface area contributed by atoms with Crippen LogP contribution in [-0.2, 0) is 14.8 Å². The van der Waals surface area contributed by atoms with E-state index in [1.807, 2.05) is 25.1 Å². The highest BCUT2D eigenvalue weighted by Gasteiger charge is 2.23. The Kier molecular flexibility index (Phi) is 7.30. The molecule has 0 unspecified atom stereocenters. The lowest BCUT2D eigenvalue weighted by Crippen LogP contribution is -2.46. The third-order valence-electron chi connectivity index (χ3n) is 5.53. The molecule has 0 aliphatic carbocycles. The Labute approximate surface area is 183 Å². The van der Waals surface area contributed by atoms with Crippen LogP contribution in [0.5, 0.6) is 0 Å². The number of rotatable bonds is 7. The number of sulfonamides is 1. The fourth-order valence-corrected chi connectivity index (χ4v) is 4.79. The average molecular weight is 449 g/mol. The standard InChI is InChI=1S/C22H29FN4O3S/c1-4-26-11-13-27(14-12-26)21-10-7-19(15-17(21)2)24-22(28)16-25(3)31(29,30)20-8-5-18(23)6-9-20/h5-10,15H,4,11-14,16H2,1-3H3,(H,24,28). The fraction of sp³-hybridized carbons (Fsp3) is 0.409. The predicted molar refractivity (Wildman–Crippen MR) is 120 cm³/mol. The second-order valence-electron chi connectivity index (χ2n) is 7.69. The molecule has 168 valence electrons. The van der Waals surface area contributed by atoms with Gasteiger partial charge in [-0.2, -0.15) is 4.31 Å². The largest absolute Gasteiger partial charge is 0.369 e. The van der Waals surface area contributed by atoms with Crippen molar-refractivity contribution in [2.45, 2.75) is 18.7 Å². The zero-order chi connectivity index (χ0) is 22.6. The van der Waals surface area contributed by atoms with Crippen LogP contribution >= 0.6 is 0 Å². The lowest BCUT2D eigenvalue weighted by molar-refractivity contribution is -0.116. The van der Waals surface area contributed by atoms with E-state index in [2.05, 4.69) is 22.0 Å². The van der Waals surface area contributed by atoms with Crippen LogP contribution < -0.4 is 10.2 Å². The van der Waals surface area contributed by atoms with Crippen LogP contribution in [0.25, 0.3) is 0 Å². The first-order valence-electron chi connectivity index (χ1n) is 10.3. The van der Waals surface area contributed by atoms with E-state index in [-0.39, 0.29) is 11.4 Å². The molecule has 3 rings (SSSR count). The molecule has 1 heterocycles. The van der Waals surface area contributed by atoms with Crippen LogP contribution in [0.4, 0.5) is 15.8 Å². The Hall–Kier alpha value is -2.49. The molecular formula is C22H29FN4O3S. The number of amides is 1. The maximum atomic E-state index is 13.1. The summed E-state index contributed by atoms with van der Waals surface area (Å²) in [6, 6.07) is 10.2. The first kappa shape index (κ1) is 23.2. The third-order valence-corrected chi connectivity index (χ3v) is 7.35. The number of halogens is 1. The number of piperazine rings is 1.